The lowest BCUT2D eigenvalue weighted by atomic mass is 9.90. The van der Waals surface area contributed by atoms with Crippen LogP contribution in [0.3, 0.4) is 0 Å². The highest BCUT2D eigenvalue weighted by Crippen LogP contribution is 2.40. The molecule has 14 heteroatoms. The second kappa shape index (κ2) is 38.1. The van der Waals surface area contributed by atoms with E-state index in [0.29, 0.717) is 24.3 Å². The Bertz CT molecular complexity index is 6120. The van der Waals surface area contributed by atoms with Crippen LogP contribution in [-0.4, -0.2) is 75.0 Å². The molecule has 4 aliphatic heterocycles. The van der Waals surface area contributed by atoms with E-state index in [1.165, 1.54) is 0 Å². The summed E-state index contributed by atoms with van der Waals surface area (Å²) in [6.45, 7) is 22.3. The molecule has 4 aliphatic rings. The van der Waals surface area contributed by atoms with Crippen LogP contribution in [0.4, 0.5) is 0 Å². The van der Waals surface area contributed by atoms with Gasteiger partial charge in [-0.1, -0.05) is 166 Å². The van der Waals surface area contributed by atoms with Gasteiger partial charge in [-0.05, 0) is 247 Å². The standard InChI is InChI=1S/C106H104N10O4/c1-11-21-25-71(15-5)99-91-55-47-83(109-91)79(43-33-67-29-37-75(38-30-67)105(117)119-19-9)84-48-56-92(110-84)100(72(16-6)26-22-12-2)96-60-52-88(114-96)81(87-51-59-95(99)113-87)45-35-69-63-77-41-42-78-64-70(66-108-104(78)103(77)107-65-69)36-46-82-89-53-61-97(115-89)101(73(17-7)27-23-13-3)93-57-49-85(111-93)80(44-34-68-31-39-76(40-32-68)106(118)120-20-10)86-50-58-94(112-86)102(74(18-8)28-24-14-4)98-62-54-90(82)116-98/h29-32,37-42,47-66,71-74,109,111,114,116H,11-28H2,1-10H3. The Labute approximate surface area is 704 Å². The van der Waals surface area contributed by atoms with Gasteiger partial charge < -0.3 is 29.4 Å². The minimum absolute atomic E-state index is 0.206. The van der Waals surface area contributed by atoms with E-state index in [0.717, 1.165) is 281 Å². The molecule has 602 valence electrons. The molecule has 0 saturated carbocycles. The molecule has 0 radical (unpaired) electrons. The third-order valence-electron chi connectivity index (χ3n) is 23.5. The van der Waals surface area contributed by atoms with Gasteiger partial charge in [-0.15, -0.1) is 0 Å². The average molecular weight is 1580 g/mol. The summed E-state index contributed by atoms with van der Waals surface area (Å²) in [5.41, 5.74) is 27.3. The van der Waals surface area contributed by atoms with Gasteiger partial charge in [-0.2, -0.15) is 0 Å². The second-order valence-electron chi connectivity index (χ2n) is 31.4. The summed E-state index contributed by atoms with van der Waals surface area (Å²) in [4.78, 5) is 73.4. The molecule has 11 aromatic rings. The van der Waals surface area contributed by atoms with E-state index in [9.17, 15) is 9.59 Å². The van der Waals surface area contributed by atoms with Gasteiger partial charge in [0.1, 0.15) is 0 Å². The van der Waals surface area contributed by atoms with Crippen LogP contribution in [0.15, 0.2) is 134 Å². The highest BCUT2D eigenvalue weighted by Gasteiger charge is 2.26. The summed E-state index contributed by atoms with van der Waals surface area (Å²) in [5.74, 6) is 28.6. The van der Waals surface area contributed by atoms with Crippen molar-refractivity contribution in [2.24, 2.45) is 0 Å². The van der Waals surface area contributed by atoms with Crippen molar-refractivity contribution >= 4 is 126 Å². The number of hydrogen-bond donors (Lipinski definition) is 4. The van der Waals surface area contributed by atoms with Gasteiger partial charge >= 0.3 is 11.9 Å². The van der Waals surface area contributed by atoms with Crippen LogP contribution in [0.2, 0.25) is 0 Å². The normalized spacial score (nSPS) is 12.9. The summed E-state index contributed by atoms with van der Waals surface area (Å²) in [6, 6.07) is 40.3. The maximum absolute atomic E-state index is 12.6. The largest absolute Gasteiger partial charge is 0.462 e. The summed E-state index contributed by atoms with van der Waals surface area (Å²) < 4.78 is 10.6. The molecule has 14 nitrogen and oxygen atoms in total. The molecular formula is C106H104N10O4. The molecule has 15 rings (SSSR count). The van der Waals surface area contributed by atoms with Crippen LogP contribution >= 0.6 is 0 Å². The van der Waals surface area contributed by atoms with Gasteiger partial charge in [-0.25, -0.2) is 29.5 Å². The Balaban J connectivity index is 0.836. The van der Waals surface area contributed by atoms with Crippen LogP contribution in [0.1, 0.15) is 329 Å². The van der Waals surface area contributed by atoms with Crippen LogP contribution in [0.5, 0.6) is 0 Å². The molecule has 0 fully saturated rings. The van der Waals surface area contributed by atoms with Crippen LogP contribution in [-0.2, 0) is 9.47 Å². The van der Waals surface area contributed by atoms with E-state index < -0.39 is 0 Å². The number of pyridine rings is 2. The van der Waals surface area contributed by atoms with Crippen molar-refractivity contribution in [2.75, 3.05) is 13.2 Å². The first-order valence-electron chi connectivity index (χ1n) is 43.5. The topological polar surface area (TPSA) is 193 Å². The van der Waals surface area contributed by atoms with E-state index in [1.807, 2.05) is 50.5 Å². The fraction of sp³-hybridized carbons (Fsp3) is 0.302. The number of carbonyl (C=O) groups excluding carboxylic acids is 2. The highest BCUT2D eigenvalue weighted by atomic mass is 16.5. The number of aromatic amines is 4. The van der Waals surface area contributed by atoms with Crippen LogP contribution in [0, 0.1) is 47.4 Å². The van der Waals surface area contributed by atoms with Crippen LogP contribution < -0.4 is 0 Å². The van der Waals surface area contributed by atoms with E-state index in [2.05, 4.69) is 244 Å². The molecule has 0 amide bonds. The average Bonchev–Trinajstić information content (AvgIpc) is 1.43. The molecule has 16 bridgehead atoms. The quantitative estimate of drug-likeness (QED) is 0.0257. The number of benzene rings is 3. The minimum Gasteiger partial charge on any atom is -0.462 e. The maximum Gasteiger partial charge on any atom is 0.338 e. The molecule has 4 N–H and O–H groups in total. The van der Waals surface area contributed by atoms with Gasteiger partial charge in [0.25, 0.3) is 0 Å². The Morgan fingerprint density at radius 2 is 0.567 bits per heavy atom. The van der Waals surface area contributed by atoms with Crippen molar-refractivity contribution in [3.05, 3.63) is 257 Å². The van der Waals surface area contributed by atoms with Crippen molar-refractivity contribution < 1.29 is 19.1 Å². The number of nitrogens with one attached hydrogen (secondary N) is 4. The van der Waals surface area contributed by atoms with Crippen molar-refractivity contribution in [3.8, 4) is 47.4 Å². The lowest BCUT2D eigenvalue weighted by Gasteiger charge is -2.16. The third kappa shape index (κ3) is 17.8. The first-order valence-corrected chi connectivity index (χ1v) is 43.5. The fourth-order valence-corrected chi connectivity index (χ4v) is 17.0. The summed E-state index contributed by atoms with van der Waals surface area (Å²) >= 11 is 0. The Kier molecular flexibility index (Phi) is 26.0. The lowest BCUT2D eigenvalue weighted by Crippen LogP contribution is -2.04. The maximum atomic E-state index is 12.6. The smallest absolute Gasteiger partial charge is 0.338 e. The molecular weight excluding hydrogens is 1480 g/mol. The lowest BCUT2D eigenvalue weighted by molar-refractivity contribution is 0.0516. The number of rotatable bonds is 24. The minimum atomic E-state index is -0.358. The highest BCUT2D eigenvalue weighted by molar-refractivity contribution is 6.03. The van der Waals surface area contributed by atoms with Gasteiger partial charge in [0.15, 0.2) is 0 Å². The first kappa shape index (κ1) is 82.0. The number of fused-ring (bicyclic) bond motifs is 19. The van der Waals surface area contributed by atoms with Gasteiger partial charge in [-0.3, -0.25) is 9.97 Å². The molecule has 0 aliphatic carbocycles. The first-order chi connectivity index (χ1) is 58.8. The zero-order valence-electron chi connectivity index (χ0n) is 70.7. The predicted octanol–water partition coefficient (Wildman–Crippen LogP) is 25.4. The van der Waals surface area contributed by atoms with Gasteiger partial charge in [0, 0.05) is 89.7 Å². The monoisotopic (exact) mass is 1580 g/mol. The van der Waals surface area contributed by atoms with Crippen molar-refractivity contribution in [2.45, 2.75) is 196 Å². The zero-order valence-corrected chi connectivity index (χ0v) is 70.7. The van der Waals surface area contributed by atoms with E-state index in [4.69, 9.17) is 39.4 Å². The number of hydrogen-bond acceptors (Lipinski definition) is 10. The molecule has 4 atom stereocenters. The van der Waals surface area contributed by atoms with E-state index in [1.54, 1.807) is 24.3 Å². The SMILES string of the molecule is CCCCC(CC)c1c2nc(c(C#Cc3cnc4c(ccc5cc(C#Cc6c7nc(c(C(CC)CCCC)c8ccc([nH]8)c(C#Cc8ccc(C(=O)OCC)cc8)c8nc(c(C(CC)CCCC)c9ccc6[nH]9)C=C8)C=C7)cnc54)c3)c3ccc([nH]3)c(C(CC)CCCC)c3nc(c(C#Cc4ccc(C(=O)OCC)cc4)c4ccc1[nH]4)C=C3)C=C2. The number of aromatic nitrogens is 10. The molecule has 120 heavy (non-hydrogen) atoms. The third-order valence-corrected chi connectivity index (χ3v) is 23.5. The molecule has 8 aromatic heterocycles. The zero-order chi connectivity index (χ0) is 83.2. The second-order valence-corrected chi connectivity index (χ2v) is 31.4. The predicted molar refractivity (Wildman–Crippen MR) is 494 cm³/mol. The molecule has 3 aromatic carbocycles. The Hall–Kier alpha value is -13.1. The van der Waals surface area contributed by atoms with Gasteiger partial charge in [0.05, 0.1) is 125 Å². The number of nitrogens with zero attached hydrogens (tertiary/aromatic N) is 6. The van der Waals surface area contributed by atoms with Crippen LogP contribution in [0.25, 0.3) is 115 Å². The number of carbonyl (C=O) groups is 2. The Morgan fingerprint density at radius 1 is 0.308 bits per heavy atom. The van der Waals surface area contributed by atoms with E-state index in [-0.39, 0.29) is 35.6 Å². The molecule has 12 heterocycles. The van der Waals surface area contributed by atoms with Crippen molar-refractivity contribution in [1.29, 1.82) is 0 Å². The van der Waals surface area contributed by atoms with Crippen molar-refractivity contribution in [1.82, 2.24) is 49.8 Å². The van der Waals surface area contributed by atoms with Gasteiger partial charge in [0.2, 0.25) is 0 Å². The summed E-state index contributed by atoms with van der Waals surface area (Å²) in [5, 5.41) is 1.83. The number of ether oxygens (including phenoxy) is 2. The summed E-state index contributed by atoms with van der Waals surface area (Å²) in [6.07, 6.45) is 37.1. The molecule has 0 saturated heterocycles. The van der Waals surface area contributed by atoms with E-state index >= 15 is 0 Å². The number of H-pyrrole nitrogens is 4. The number of esters is 2. The molecule has 0 spiro atoms. The van der Waals surface area contributed by atoms with Crippen molar-refractivity contribution in [3.63, 3.8) is 0 Å². The Morgan fingerprint density at radius 3 is 0.825 bits per heavy atom. The number of unbranched alkanes of at least 4 members (excludes halogenated alkanes) is 4. The summed E-state index contributed by atoms with van der Waals surface area (Å²) in [7, 11) is 0. The molecule has 4 unspecified atom stereocenters. The fourth-order valence-electron chi connectivity index (χ4n) is 17.0.